The molecule has 1 fully saturated rings. The molecule has 0 spiro atoms. The normalized spacial score (nSPS) is 14.6. The van der Waals surface area contributed by atoms with Crippen LogP contribution in [0.4, 0.5) is 19.6 Å². The second-order valence-electron chi connectivity index (χ2n) is 7.71. The zero-order chi connectivity index (χ0) is 24.1. The van der Waals surface area contributed by atoms with Crippen molar-refractivity contribution in [3.63, 3.8) is 0 Å². The number of nitro benzene ring substituents is 1. The Kier molecular flexibility index (Phi) is 7.56. The van der Waals surface area contributed by atoms with Crippen molar-refractivity contribution < 1.29 is 23.2 Å². The van der Waals surface area contributed by atoms with Gasteiger partial charge in [0.25, 0.3) is 11.6 Å². The third kappa shape index (κ3) is 5.79. The number of non-ortho nitro benzene ring substituents is 1. The summed E-state index contributed by atoms with van der Waals surface area (Å²) in [7, 11) is 0. The molecule has 0 atom stereocenters. The van der Waals surface area contributed by atoms with E-state index in [2.05, 4.69) is 9.88 Å². The van der Waals surface area contributed by atoms with Crippen LogP contribution in [0.15, 0.2) is 42.5 Å². The number of halogens is 2. The van der Waals surface area contributed by atoms with E-state index in [1.54, 1.807) is 18.2 Å². The lowest BCUT2D eigenvalue weighted by Crippen LogP contribution is -2.39. The third-order valence-corrected chi connectivity index (χ3v) is 6.41. The average molecular weight is 489 g/mol. The Morgan fingerprint density at radius 1 is 1.24 bits per heavy atom. The number of morpholine rings is 1. The lowest BCUT2D eigenvalue weighted by atomic mass is 10.2. The van der Waals surface area contributed by atoms with Gasteiger partial charge in [-0.05, 0) is 36.3 Å². The topological polar surface area (TPSA) is 88.8 Å². The summed E-state index contributed by atoms with van der Waals surface area (Å²) in [5.74, 6) is -1.86. The van der Waals surface area contributed by atoms with Crippen LogP contribution in [0.2, 0.25) is 0 Å². The van der Waals surface area contributed by atoms with Crippen LogP contribution in [0.25, 0.3) is 16.3 Å². The number of hydrogen-bond acceptors (Lipinski definition) is 7. The molecule has 3 aromatic rings. The van der Waals surface area contributed by atoms with E-state index < -0.39 is 16.6 Å². The summed E-state index contributed by atoms with van der Waals surface area (Å²) < 4.78 is 33.5. The van der Waals surface area contributed by atoms with Crippen LogP contribution in [-0.2, 0) is 9.53 Å². The van der Waals surface area contributed by atoms with E-state index in [4.69, 9.17) is 4.74 Å². The van der Waals surface area contributed by atoms with Crippen LogP contribution in [0, 0.1) is 21.7 Å². The summed E-state index contributed by atoms with van der Waals surface area (Å²) in [5, 5.41) is 11.1. The van der Waals surface area contributed by atoms with Crippen molar-refractivity contribution in [1.29, 1.82) is 0 Å². The van der Waals surface area contributed by atoms with Crippen LogP contribution < -0.4 is 4.90 Å². The van der Waals surface area contributed by atoms with Crippen molar-refractivity contribution in [3.8, 4) is 0 Å². The molecule has 1 aromatic heterocycles. The first kappa shape index (κ1) is 23.9. The lowest BCUT2D eigenvalue weighted by Gasteiger charge is -2.27. The zero-order valence-electron chi connectivity index (χ0n) is 18.2. The van der Waals surface area contributed by atoms with Crippen molar-refractivity contribution in [2.24, 2.45) is 0 Å². The maximum absolute atomic E-state index is 14.2. The van der Waals surface area contributed by atoms with E-state index in [9.17, 15) is 23.7 Å². The quantitative estimate of drug-likeness (QED) is 0.268. The molecule has 8 nitrogen and oxygen atoms in total. The number of hydrogen-bond donors (Lipinski definition) is 0. The Labute approximate surface area is 198 Å². The molecule has 0 unspecified atom stereocenters. The van der Waals surface area contributed by atoms with Gasteiger partial charge in [-0.2, -0.15) is 0 Å². The summed E-state index contributed by atoms with van der Waals surface area (Å²) in [5.41, 5.74) is 0.591. The predicted octanol–water partition coefficient (Wildman–Crippen LogP) is 4.25. The number of thiazole rings is 1. The minimum Gasteiger partial charge on any atom is -0.379 e. The van der Waals surface area contributed by atoms with Crippen molar-refractivity contribution >= 4 is 44.4 Å². The van der Waals surface area contributed by atoms with Gasteiger partial charge in [0.15, 0.2) is 10.9 Å². The summed E-state index contributed by atoms with van der Waals surface area (Å²) in [6.07, 6.45) is 3.55. The number of aromatic nitrogens is 1. The maximum atomic E-state index is 14.2. The highest BCUT2D eigenvalue weighted by Crippen LogP contribution is 2.31. The van der Waals surface area contributed by atoms with Gasteiger partial charge in [0, 0.05) is 50.5 Å². The summed E-state index contributed by atoms with van der Waals surface area (Å²) >= 11 is 1.05. The summed E-state index contributed by atoms with van der Waals surface area (Å²) in [6, 6.07) is 7.76. The molecule has 2 heterocycles. The molecule has 11 heteroatoms. The largest absolute Gasteiger partial charge is 0.379 e. The summed E-state index contributed by atoms with van der Waals surface area (Å²) in [6.45, 7) is 4.07. The Morgan fingerprint density at radius 2 is 1.97 bits per heavy atom. The minimum absolute atomic E-state index is 0.0201. The van der Waals surface area contributed by atoms with Gasteiger partial charge < -0.3 is 4.74 Å². The smallest absolute Gasteiger partial charge is 0.269 e. The van der Waals surface area contributed by atoms with Crippen LogP contribution in [0.3, 0.4) is 0 Å². The number of rotatable bonds is 8. The second kappa shape index (κ2) is 10.8. The Balaban J connectivity index is 1.54. The first-order valence-corrected chi connectivity index (χ1v) is 11.5. The summed E-state index contributed by atoms with van der Waals surface area (Å²) in [4.78, 5) is 31.4. The molecule has 0 N–H and O–H groups in total. The number of ether oxygens (including phenoxy) is 1. The average Bonchev–Trinajstić information content (AvgIpc) is 3.25. The number of amides is 1. The molecule has 1 saturated heterocycles. The molecule has 1 aliphatic heterocycles. The van der Waals surface area contributed by atoms with Gasteiger partial charge in [-0.25, -0.2) is 13.8 Å². The molecular formula is C23H22F2N4O4S. The van der Waals surface area contributed by atoms with Gasteiger partial charge in [0.1, 0.15) is 11.3 Å². The maximum Gasteiger partial charge on any atom is 0.269 e. The Bertz CT molecular complexity index is 1210. The van der Waals surface area contributed by atoms with E-state index in [0.717, 1.165) is 37.0 Å². The van der Waals surface area contributed by atoms with E-state index >= 15 is 0 Å². The molecule has 1 amide bonds. The van der Waals surface area contributed by atoms with Crippen molar-refractivity contribution in [1.82, 2.24) is 9.88 Å². The standard InChI is InChI=1S/C23H22F2N4O4S/c24-17-14-19(25)22-20(15-17)34-23(26-22)28(9-1-8-27-10-12-33-13-11-27)21(30)7-4-16-2-5-18(6-3-16)29(31)32/h2-7,14-15H,1,8-13H2/b7-4+. The number of fused-ring (bicyclic) bond motifs is 1. The van der Waals surface area contributed by atoms with Gasteiger partial charge in [-0.3, -0.25) is 24.7 Å². The van der Waals surface area contributed by atoms with Crippen LogP contribution in [0.1, 0.15) is 12.0 Å². The highest BCUT2D eigenvalue weighted by atomic mass is 32.1. The number of benzene rings is 2. The third-order valence-electron chi connectivity index (χ3n) is 5.38. The van der Waals surface area contributed by atoms with E-state index in [1.165, 1.54) is 29.2 Å². The van der Waals surface area contributed by atoms with Gasteiger partial charge in [0.2, 0.25) is 0 Å². The molecule has 1 aliphatic rings. The molecule has 2 aromatic carbocycles. The first-order chi connectivity index (χ1) is 16.4. The van der Waals surface area contributed by atoms with E-state index in [0.29, 0.717) is 36.4 Å². The van der Waals surface area contributed by atoms with Gasteiger partial charge in [0.05, 0.1) is 22.8 Å². The fraction of sp³-hybridized carbons (Fsp3) is 0.304. The number of nitrogens with zero attached hydrogens (tertiary/aromatic N) is 4. The van der Waals surface area contributed by atoms with Crippen molar-refractivity contribution in [2.45, 2.75) is 6.42 Å². The fourth-order valence-electron chi connectivity index (χ4n) is 3.60. The molecule has 0 bridgehead atoms. The van der Waals surface area contributed by atoms with Crippen LogP contribution >= 0.6 is 11.3 Å². The predicted molar refractivity (Wildman–Crippen MR) is 126 cm³/mol. The number of carbonyl (C=O) groups excluding carboxylic acids is 1. The Hall–Kier alpha value is -3.28. The fourth-order valence-corrected chi connectivity index (χ4v) is 4.64. The monoisotopic (exact) mass is 488 g/mol. The van der Waals surface area contributed by atoms with Crippen LogP contribution in [0.5, 0.6) is 0 Å². The minimum atomic E-state index is -0.778. The molecule has 4 rings (SSSR count). The highest BCUT2D eigenvalue weighted by molar-refractivity contribution is 7.22. The first-order valence-electron chi connectivity index (χ1n) is 10.7. The van der Waals surface area contributed by atoms with Gasteiger partial charge in [-0.15, -0.1) is 0 Å². The number of carbonyl (C=O) groups is 1. The van der Waals surface area contributed by atoms with Gasteiger partial charge in [-0.1, -0.05) is 11.3 Å². The van der Waals surface area contributed by atoms with E-state index in [1.807, 2.05) is 0 Å². The second-order valence-corrected chi connectivity index (χ2v) is 8.72. The molecule has 0 aliphatic carbocycles. The molecular weight excluding hydrogens is 466 g/mol. The Morgan fingerprint density at radius 3 is 2.68 bits per heavy atom. The van der Waals surface area contributed by atoms with Crippen LogP contribution in [-0.4, -0.2) is 60.1 Å². The van der Waals surface area contributed by atoms with Gasteiger partial charge >= 0.3 is 0 Å². The SMILES string of the molecule is O=C(/C=C/c1ccc([N+](=O)[O-])cc1)N(CCCN1CCOCC1)c1nc2c(F)cc(F)cc2s1. The van der Waals surface area contributed by atoms with E-state index in [-0.39, 0.29) is 22.2 Å². The highest BCUT2D eigenvalue weighted by Gasteiger charge is 2.20. The molecule has 0 saturated carbocycles. The number of anilines is 1. The molecule has 0 radical (unpaired) electrons. The lowest BCUT2D eigenvalue weighted by molar-refractivity contribution is -0.384. The molecule has 178 valence electrons. The zero-order valence-corrected chi connectivity index (χ0v) is 19.0. The number of nitro groups is 1. The molecule has 34 heavy (non-hydrogen) atoms. The van der Waals surface area contributed by atoms with Crippen molar-refractivity contribution in [2.75, 3.05) is 44.3 Å². The van der Waals surface area contributed by atoms with Crippen molar-refractivity contribution in [3.05, 3.63) is 69.8 Å².